The van der Waals surface area contributed by atoms with E-state index in [2.05, 4.69) is 5.32 Å². The summed E-state index contributed by atoms with van der Waals surface area (Å²) in [5.74, 6) is -0.355. The summed E-state index contributed by atoms with van der Waals surface area (Å²) in [5, 5.41) is 2.68. The van der Waals surface area contributed by atoms with E-state index in [1.165, 1.54) is 4.31 Å². The van der Waals surface area contributed by atoms with E-state index in [0.29, 0.717) is 18.7 Å². The fourth-order valence-electron chi connectivity index (χ4n) is 2.70. The van der Waals surface area contributed by atoms with Crippen molar-refractivity contribution in [3.8, 4) is 0 Å². The third-order valence-electron chi connectivity index (χ3n) is 3.81. The molecule has 0 radical (unpaired) electrons. The quantitative estimate of drug-likeness (QED) is 0.873. The molecule has 1 aromatic carbocycles. The topological polar surface area (TPSA) is 75.7 Å². The van der Waals surface area contributed by atoms with Gasteiger partial charge in [0, 0.05) is 25.2 Å². The number of ether oxygens (including phenoxy) is 1. The van der Waals surface area contributed by atoms with Crippen LogP contribution in [-0.4, -0.2) is 56.2 Å². The molecule has 0 aliphatic carbocycles. The molecule has 1 aliphatic heterocycles. The number of amides is 1. The molecule has 1 aliphatic rings. The maximum Gasteiger partial charge on any atom is 0.251 e. The van der Waals surface area contributed by atoms with Gasteiger partial charge in [-0.3, -0.25) is 4.79 Å². The number of benzene rings is 1. The van der Waals surface area contributed by atoms with Gasteiger partial charge in [-0.2, -0.15) is 4.31 Å². The van der Waals surface area contributed by atoms with E-state index in [1.54, 1.807) is 12.1 Å². The fraction of sp³-hybridized carbons (Fsp3) is 0.562. The van der Waals surface area contributed by atoms with E-state index in [0.717, 1.165) is 5.56 Å². The number of carbonyl (C=O) groups excluding carboxylic acids is 1. The lowest BCUT2D eigenvalue weighted by atomic mass is 10.1. The summed E-state index contributed by atoms with van der Waals surface area (Å²) < 4.78 is 31.8. The first-order chi connectivity index (χ1) is 10.8. The van der Waals surface area contributed by atoms with Crippen LogP contribution >= 0.6 is 0 Å². The molecular formula is C16H24N2O4S. The standard InChI is InChI=1S/C16H24N2O4S/c1-12-6-4-5-7-15(12)16(19)17-8-9-23(20,21)18-10-13(2)22-14(3)11-18/h4-7,13-14H,8-11H2,1-3H3,(H,17,19)/t13-,14-/m0/s1. The zero-order valence-corrected chi connectivity index (χ0v) is 14.6. The summed E-state index contributed by atoms with van der Waals surface area (Å²) >= 11 is 0. The lowest BCUT2D eigenvalue weighted by molar-refractivity contribution is -0.0440. The number of aryl methyl sites for hydroxylation is 1. The van der Waals surface area contributed by atoms with Gasteiger partial charge in [0.25, 0.3) is 5.91 Å². The zero-order chi connectivity index (χ0) is 17.0. The number of sulfonamides is 1. The summed E-state index contributed by atoms with van der Waals surface area (Å²) in [7, 11) is -3.40. The summed E-state index contributed by atoms with van der Waals surface area (Å²) in [5.41, 5.74) is 1.43. The molecule has 1 fully saturated rings. The second-order valence-electron chi connectivity index (χ2n) is 5.96. The van der Waals surface area contributed by atoms with Crippen molar-refractivity contribution in [2.24, 2.45) is 0 Å². The van der Waals surface area contributed by atoms with Gasteiger partial charge in [-0.1, -0.05) is 18.2 Å². The van der Waals surface area contributed by atoms with E-state index < -0.39 is 10.0 Å². The smallest absolute Gasteiger partial charge is 0.251 e. The molecule has 0 saturated carbocycles. The van der Waals surface area contributed by atoms with Crippen LogP contribution in [0.25, 0.3) is 0 Å². The van der Waals surface area contributed by atoms with Crippen LogP contribution in [0.5, 0.6) is 0 Å². The van der Waals surface area contributed by atoms with Crippen molar-refractivity contribution in [3.63, 3.8) is 0 Å². The monoisotopic (exact) mass is 340 g/mol. The minimum Gasteiger partial charge on any atom is -0.373 e. The first-order valence-electron chi connectivity index (χ1n) is 7.76. The van der Waals surface area contributed by atoms with Crippen LogP contribution in [0.1, 0.15) is 29.8 Å². The number of carbonyl (C=O) groups is 1. The van der Waals surface area contributed by atoms with Gasteiger partial charge < -0.3 is 10.1 Å². The number of nitrogens with one attached hydrogen (secondary N) is 1. The lowest BCUT2D eigenvalue weighted by Crippen LogP contribution is -2.49. The van der Waals surface area contributed by atoms with Gasteiger partial charge in [-0.25, -0.2) is 8.42 Å². The predicted octanol–water partition coefficient (Wildman–Crippen LogP) is 1.16. The average molecular weight is 340 g/mol. The minimum absolute atomic E-state index is 0.0929. The van der Waals surface area contributed by atoms with Crippen molar-refractivity contribution in [2.45, 2.75) is 33.0 Å². The van der Waals surface area contributed by atoms with Gasteiger partial charge in [0.2, 0.25) is 10.0 Å². The third-order valence-corrected chi connectivity index (χ3v) is 5.62. The Hall–Kier alpha value is -1.44. The Morgan fingerprint density at radius 1 is 1.26 bits per heavy atom. The van der Waals surface area contributed by atoms with Crippen LogP contribution in [0.4, 0.5) is 0 Å². The van der Waals surface area contributed by atoms with Crippen molar-refractivity contribution in [2.75, 3.05) is 25.4 Å². The molecule has 2 atom stereocenters. The van der Waals surface area contributed by atoms with Crippen molar-refractivity contribution >= 4 is 15.9 Å². The molecule has 1 N–H and O–H groups in total. The van der Waals surface area contributed by atoms with Crippen molar-refractivity contribution < 1.29 is 17.9 Å². The molecule has 7 heteroatoms. The van der Waals surface area contributed by atoms with Gasteiger partial charge in [0.15, 0.2) is 0 Å². The Kier molecular flexibility index (Phi) is 5.78. The normalized spacial score (nSPS) is 22.7. The van der Waals surface area contributed by atoms with Crippen LogP contribution in [0, 0.1) is 6.92 Å². The summed E-state index contributed by atoms with van der Waals surface area (Å²) in [6, 6.07) is 7.22. The maximum absolute atomic E-state index is 12.4. The third kappa shape index (κ3) is 4.76. The number of hydrogen-bond acceptors (Lipinski definition) is 4. The summed E-state index contributed by atoms with van der Waals surface area (Å²) in [4.78, 5) is 12.1. The SMILES string of the molecule is Cc1ccccc1C(=O)NCCS(=O)(=O)N1C[C@H](C)O[C@@H](C)C1. The molecule has 0 unspecified atom stereocenters. The van der Waals surface area contributed by atoms with E-state index in [1.807, 2.05) is 32.9 Å². The first kappa shape index (κ1) is 17.9. The Balaban J connectivity index is 1.90. The summed E-state index contributed by atoms with van der Waals surface area (Å²) in [6.45, 7) is 6.38. The number of hydrogen-bond donors (Lipinski definition) is 1. The zero-order valence-electron chi connectivity index (χ0n) is 13.8. The Bertz CT molecular complexity index is 650. The largest absolute Gasteiger partial charge is 0.373 e. The molecular weight excluding hydrogens is 316 g/mol. The van der Waals surface area contributed by atoms with Gasteiger partial charge in [-0.15, -0.1) is 0 Å². The molecule has 1 amide bonds. The fourth-order valence-corrected chi connectivity index (χ4v) is 4.20. The molecule has 1 heterocycles. The van der Waals surface area contributed by atoms with E-state index >= 15 is 0 Å². The molecule has 0 aromatic heterocycles. The molecule has 1 saturated heterocycles. The summed E-state index contributed by atoms with van der Waals surface area (Å²) in [6.07, 6.45) is -0.231. The number of nitrogens with zero attached hydrogens (tertiary/aromatic N) is 1. The molecule has 6 nitrogen and oxygen atoms in total. The maximum atomic E-state index is 12.4. The highest BCUT2D eigenvalue weighted by Gasteiger charge is 2.30. The van der Waals surface area contributed by atoms with Gasteiger partial charge in [0.05, 0.1) is 18.0 Å². The predicted molar refractivity (Wildman–Crippen MR) is 88.9 cm³/mol. The van der Waals surface area contributed by atoms with E-state index in [9.17, 15) is 13.2 Å². The second-order valence-corrected chi connectivity index (χ2v) is 8.05. The van der Waals surface area contributed by atoms with Crippen molar-refractivity contribution in [1.29, 1.82) is 0 Å². The number of morpholine rings is 1. The van der Waals surface area contributed by atoms with Gasteiger partial charge in [0.1, 0.15) is 0 Å². The van der Waals surface area contributed by atoms with Gasteiger partial charge >= 0.3 is 0 Å². The Labute approximate surface area is 137 Å². The Morgan fingerprint density at radius 2 is 1.87 bits per heavy atom. The van der Waals surface area contributed by atoms with Crippen LogP contribution in [-0.2, 0) is 14.8 Å². The van der Waals surface area contributed by atoms with E-state index in [4.69, 9.17) is 4.74 Å². The first-order valence-corrected chi connectivity index (χ1v) is 9.37. The highest BCUT2D eigenvalue weighted by molar-refractivity contribution is 7.89. The molecule has 128 valence electrons. The lowest BCUT2D eigenvalue weighted by Gasteiger charge is -2.34. The van der Waals surface area contributed by atoms with Crippen molar-refractivity contribution in [1.82, 2.24) is 9.62 Å². The molecule has 1 aromatic rings. The average Bonchev–Trinajstić information content (AvgIpc) is 2.46. The van der Waals surface area contributed by atoms with E-state index in [-0.39, 0.29) is 30.4 Å². The van der Waals surface area contributed by atoms with Crippen LogP contribution in [0.3, 0.4) is 0 Å². The van der Waals surface area contributed by atoms with Crippen LogP contribution < -0.4 is 5.32 Å². The van der Waals surface area contributed by atoms with Crippen molar-refractivity contribution in [3.05, 3.63) is 35.4 Å². The van der Waals surface area contributed by atoms with Crippen LogP contribution in [0.2, 0.25) is 0 Å². The molecule has 2 rings (SSSR count). The highest BCUT2D eigenvalue weighted by Crippen LogP contribution is 2.14. The number of rotatable bonds is 5. The second kappa shape index (κ2) is 7.42. The molecule has 23 heavy (non-hydrogen) atoms. The molecule has 0 spiro atoms. The Morgan fingerprint density at radius 3 is 2.48 bits per heavy atom. The van der Waals surface area contributed by atoms with Gasteiger partial charge in [-0.05, 0) is 32.4 Å². The van der Waals surface area contributed by atoms with Crippen LogP contribution in [0.15, 0.2) is 24.3 Å². The molecule has 0 bridgehead atoms. The highest BCUT2D eigenvalue weighted by atomic mass is 32.2. The minimum atomic E-state index is -3.40.